The van der Waals surface area contributed by atoms with E-state index >= 15 is 0 Å². The van der Waals surface area contributed by atoms with Gasteiger partial charge in [0.15, 0.2) is 0 Å². The zero-order valence-corrected chi connectivity index (χ0v) is 10.6. The summed E-state index contributed by atoms with van der Waals surface area (Å²) >= 11 is 1.49. The largest absolute Gasteiger partial charge is 0.480 e. The highest BCUT2D eigenvalue weighted by molar-refractivity contribution is 7.10. The minimum absolute atomic E-state index is 0.339. The first-order valence-corrected chi connectivity index (χ1v) is 5.74. The Morgan fingerprint density at radius 3 is 2.31 bits per heavy atom. The number of carbonyl (C=O) groups excluding carboxylic acids is 1. The number of rotatable bonds is 3. The van der Waals surface area contributed by atoms with Crippen molar-refractivity contribution >= 4 is 23.2 Å². The molecule has 4 nitrogen and oxygen atoms in total. The van der Waals surface area contributed by atoms with E-state index < -0.39 is 11.5 Å². The number of thiophene rings is 1. The van der Waals surface area contributed by atoms with Crippen molar-refractivity contribution in [3.8, 4) is 0 Å². The van der Waals surface area contributed by atoms with Gasteiger partial charge >= 0.3 is 5.97 Å². The molecule has 1 aromatic rings. The second-order valence-corrected chi connectivity index (χ2v) is 5.30. The van der Waals surface area contributed by atoms with E-state index in [9.17, 15) is 9.59 Å². The van der Waals surface area contributed by atoms with Crippen LogP contribution in [0.3, 0.4) is 0 Å². The third-order valence-electron chi connectivity index (χ3n) is 2.49. The predicted octanol–water partition coefficient (Wildman–Crippen LogP) is 1.96. The summed E-state index contributed by atoms with van der Waals surface area (Å²) in [5, 5.41) is 13.1. The van der Waals surface area contributed by atoms with E-state index in [1.165, 1.54) is 25.2 Å². The molecule has 0 spiro atoms. The molecule has 1 amide bonds. The second kappa shape index (κ2) is 4.25. The molecule has 1 rings (SSSR count). The molecule has 0 unspecified atom stereocenters. The van der Waals surface area contributed by atoms with Gasteiger partial charge in [-0.1, -0.05) is 0 Å². The SMILES string of the molecule is Cc1scc(C(=O)NC(C)(C)C(=O)O)c1C. The molecule has 5 heteroatoms. The van der Waals surface area contributed by atoms with Crippen LogP contribution < -0.4 is 5.32 Å². The Labute approximate surface area is 98.3 Å². The fourth-order valence-electron chi connectivity index (χ4n) is 1.14. The first-order chi connectivity index (χ1) is 7.25. The van der Waals surface area contributed by atoms with Crippen molar-refractivity contribution in [1.29, 1.82) is 0 Å². The quantitative estimate of drug-likeness (QED) is 0.850. The second-order valence-electron chi connectivity index (χ2n) is 4.21. The molecule has 1 aromatic heterocycles. The van der Waals surface area contributed by atoms with Crippen LogP contribution in [0.1, 0.15) is 34.6 Å². The summed E-state index contributed by atoms with van der Waals surface area (Å²) < 4.78 is 0. The van der Waals surface area contributed by atoms with Gasteiger partial charge in [0.05, 0.1) is 5.56 Å². The molecule has 0 aromatic carbocycles. The Morgan fingerprint density at radius 1 is 1.38 bits per heavy atom. The smallest absolute Gasteiger partial charge is 0.328 e. The molecule has 0 bridgehead atoms. The number of nitrogens with one attached hydrogen (secondary N) is 1. The van der Waals surface area contributed by atoms with Crippen molar-refractivity contribution in [2.24, 2.45) is 0 Å². The molecule has 0 atom stereocenters. The maximum Gasteiger partial charge on any atom is 0.328 e. The number of carbonyl (C=O) groups is 2. The van der Waals surface area contributed by atoms with E-state index in [2.05, 4.69) is 5.32 Å². The van der Waals surface area contributed by atoms with Gasteiger partial charge in [-0.05, 0) is 33.3 Å². The fraction of sp³-hybridized carbons (Fsp3) is 0.455. The lowest BCUT2D eigenvalue weighted by Gasteiger charge is -2.20. The van der Waals surface area contributed by atoms with Crippen LogP contribution >= 0.6 is 11.3 Å². The van der Waals surface area contributed by atoms with Gasteiger partial charge in [-0.3, -0.25) is 4.79 Å². The lowest BCUT2D eigenvalue weighted by atomic mass is 10.0. The van der Waals surface area contributed by atoms with Crippen LogP contribution in [-0.2, 0) is 4.79 Å². The zero-order chi connectivity index (χ0) is 12.5. The molecule has 0 saturated carbocycles. The van der Waals surface area contributed by atoms with Gasteiger partial charge in [-0.25, -0.2) is 4.79 Å². The van der Waals surface area contributed by atoms with E-state index in [4.69, 9.17) is 5.11 Å². The molecule has 0 fully saturated rings. The van der Waals surface area contributed by atoms with E-state index in [0.29, 0.717) is 5.56 Å². The van der Waals surface area contributed by atoms with Gasteiger partial charge in [0.1, 0.15) is 5.54 Å². The highest BCUT2D eigenvalue weighted by Crippen LogP contribution is 2.21. The van der Waals surface area contributed by atoms with Crippen LogP contribution in [0, 0.1) is 13.8 Å². The molecule has 0 aliphatic heterocycles. The van der Waals surface area contributed by atoms with E-state index in [-0.39, 0.29) is 5.91 Å². The summed E-state index contributed by atoms with van der Waals surface area (Å²) in [6.45, 7) is 6.71. The monoisotopic (exact) mass is 241 g/mol. The van der Waals surface area contributed by atoms with Crippen LogP contribution in [0.25, 0.3) is 0 Å². The number of aryl methyl sites for hydroxylation is 1. The Hall–Kier alpha value is -1.36. The summed E-state index contributed by atoms with van der Waals surface area (Å²) in [7, 11) is 0. The Balaban J connectivity index is 2.89. The average Bonchev–Trinajstić information content (AvgIpc) is 2.46. The summed E-state index contributed by atoms with van der Waals surface area (Å²) in [5.41, 5.74) is 0.208. The van der Waals surface area contributed by atoms with Gasteiger partial charge in [0.25, 0.3) is 5.91 Å². The Kier molecular flexibility index (Phi) is 3.38. The number of carboxylic acids is 1. The Morgan fingerprint density at radius 2 is 1.94 bits per heavy atom. The van der Waals surface area contributed by atoms with Crippen molar-refractivity contribution in [2.45, 2.75) is 33.2 Å². The first-order valence-electron chi connectivity index (χ1n) is 4.86. The normalized spacial score (nSPS) is 11.2. The van der Waals surface area contributed by atoms with Crippen molar-refractivity contribution in [3.63, 3.8) is 0 Å². The summed E-state index contributed by atoms with van der Waals surface area (Å²) in [5.74, 6) is -1.39. The lowest BCUT2D eigenvalue weighted by Crippen LogP contribution is -2.49. The molecular formula is C11H15NO3S. The average molecular weight is 241 g/mol. The lowest BCUT2D eigenvalue weighted by molar-refractivity contribution is -0.143. The van der Waals surface area contributed by atoms with Crippen molar-refractivity contribution < 1.29 is 14.7 Å². The van der Waals surface area contributed by atoms with Gasteiger partial charge in [0, 0.05) is 10.3 Å². The number of carboxylic acid groups (broad SMARTS) is 1. The van der Waals surface area contributed by atoms with Gasteiger partial charge in [-0.15, -0.1) is 11.3 Å². The number of amides is 1. The summed E-state index contributed by atoms with van der Waals surface area (Å²) in [4.78, 5) is 23.8. The van der Waals surface area contributed by atoms with Crippen LogP contribution in [0.5, 0.6) is 0 Å². The van der Waals surface area contributed by atoms with Crippen LogP contribution in [0.4, 0.5) is 0 Å². The third-order valence-corrected chi connectivity index (χ3v) is 3.50. The van der Waals surface area contributed by atoms with E-state index in [0.717, 1.165) is 10.4 Å². The summed E-state index contributed by atoms with van der Waals surface area (Å²) in [6.07, 6.45) is 0. The van der Waals surface area contributed by atoms with Gasteiger partial charge in [0.2, 0.25) is 0 Å². The van der Waals surface area contributed by atoms with Crippen LogP contribution in [0.15, 0.2) is 5.38 Å². The van der Waals surface area contributed by atoms with E-state index in [1.54, 1.807) is 5.38 Å². The fourth-order valence-corrected chi connectivity index (χ4v) is 2.01. The van der Waals surface area contributed by atoms with Crippen molar-refractivity contribution in [2.75, 3.05) is 0 Å². The molecule has 16 heavy (non-hydrogen) atoms. The van der Waals surface area contributed by atoms with Crippen LogP contribution in [0.2, 0.25) is 0 Å². The topological polar surface area (TPSA) is 66.4 Å². The number of hydrogen-bond donors (Lipinski definition) is 2. The highest BCUT2D eigenvalue weighted by atomic mass is 32.1. The van der Waals surface area contributed by atoms with Crippen molar-refractivity contribution in [1.82, 2.24) is 5.32 Å². The molecule has 0 radical (unpaired) electrons. The summed E-state index contributed by atoms with van der Waals surface area (Å²) in [6, 6.07) is 0. The molecule has 1 heterocycles. The third kappa shape index (κ3) is 2.41. The van der Waals surface area contributed by atoms with Gasteiger partial charge < -0.3 is 10.4 Å². The maximum atomic E-state index is 11.8. The minimum atomic E-state index is -1.25. The molecule has 88 valence electrons. The maximum absolute atomic E-state index is 11.8. The van der Waals surface area contributed by atoms with Crippen LogP contribution in [-0.4, -0.2) is 22.5 Å². The highest BCUT2D eigenvalue weighted by Gasteiger charge is 2.30. The van der Waals surface area contributed by atoms with Crippen molar-refractivity contribution in [3.05, 3.63) is 21.4 Å². The first kappa shape index (κ1) is 12.7. The van der Waals surface area contributed by atoms with E-state index in [1.807, 2.05) is 13.8 Å². The number of aliphatic carboxylic acids is 1. The minimum Gasteiger partial charge on any atom is -0.480 e. The predicted molar refractivity (Wildman–Crippen MR) is 63.0 cm³/mol. The molecule has 0 aliphatic rings. The standard InChI is InChI=1S/C11H15NO3S/c1-6-7(2)16-5-8(6)9(13)12-11(3,4)10(14)15/h5H,1-4H3,(H,12,13)(H,14,15). The van der Waals surface area contributed by atoms with Gasteiger partial charge in [-0.2, -0.15) is 0 Å². The molecule has 2 N–H and O–H groups in total. The zero-order valence-electron chi connectivity index (χ0n) is 9.75. The molecule has 0 aliphatic carbocycles. The Bertz CT molecular complexity index is 434. The molecule has 0 saturated heterocycles. The molecular weight excluding hydrogens is 226 g/mol. The number of hydrogen-bond acceptors (Lipinski definition) is 3.